The molecule has 0 aromatic heterocycles. The van der Waals surface area contributed by atoms with Gasteiger partial charge in [0.05, 0.1) is 6.61 Å². The van der Waals surface area contributed by atoms with Gasteiger partial charge in [0.15, 0.2) is 0 Å². The van der Waals surface area contributed by atoms with Crippen LogP contribution in [0, 0.1) is 0 Å². The van der Waals surface area contributed by atoms with Crippen LogP contribution < -0.4 is 0 Å². The Kier molecular flexibility index (Phi) is 6.61. The fourth-order valence-corrected chi connectivity index (χ4v) is 7.50. The van der Waals surface area contributed by atoms with Crippen molar-refractivity contribution in [2.75, 3.05) is 19.5 Å². The van der Waals surface area contributed by atoms with Crippen molar-refractivity contribution >= 4 is 31.9 Å². The number of rotatable bonds is 5. The van der Waals surface area contributed by atoms with Gasteiger partial charge in [0.1, 0.15) is 29.9 Å². The Hall–Kier alpha value is -0.690. The summed E-state index contributed by atoms with van der Waals surface area (Å²) in [4.78, 5) is 0. The number of halogens is 1. The van der Waals surface area contributed by atoms with E-state index in [1.165, 1.54) is 22.9 Å². The minimum absolute atomic E-state index is 0.349. The molecule has 5 rings (SSSR count). The number of thioether (sulfide) groups is 1. The van der Waals surface area contributed by atoms with Gasteiger partial charge in [-0.05, 0) is 47.4 Å². The van der Waals surface area contributed by atoms with Crippen LogP contribution in [-0.2, 0) is 21.1 Å². The predicted molar refractivity (Wildman–Crippen MR) is 129 cm³/mol. The van der Waals surface area contributed by atoms with Crippen LogP contribution in [0.15, 0.2) is 42.5 Å². The summed E-state index contributed by atoms with van der Waals surface area (Å²) in [7, 11) is 0.962. The minimum atomic E-state index is -1.27. The quantitative estimate of drug-likeness (QED) is 0.553. The molecule has 2 aromatic carbocycles. The van der Waals surface area contributed by atoms with Gasteiger partial charge in [-0.15, -0.1) is 20.3 Å². The van der Waals surface area contributed by atoms with Crippen molar-refractivity contribution < 1.29 is 24.8 Å². The zero-order valence-electron chi connectivity index (χ0n) is 17.8. The molecule has 8 atom stereocenters. The van der Waals surface area contributed by atoms with Crippen LogP contribution in [0.3, 0.4) is 0 Å². The second kappa shape index (κ2) is 9.16. The normalized spacial score (nSPS) is 37.3. The second-order valence-corrected chi connectivity index (χ2v) is 12.1. The molecule has 2 unspecified atom stereocenters. The number of hydrogen-bond donors (Lipinski definition) is 3. The van der Waals surface area contributed by atoms with Gasteiger partial charge >= 0.3 is 0 Å². The molecule has 0 aliphatic carbocycles. The summed E-state index contributed by atoms with van der Waals surface area (Å²) in [6.07, 6.45) is -0.772. The monoisotopic (exact) mass is 494 g/mol. The molecule has 3 fully saturated rings. The standard InChI is InChI=1S/C24H28ClO5PS/c1-32-23-21(28)19(26)20(27)22(30-23)14-4-7-17(25)15(11-14)10-13-2-5-16(6-3-13)24-8-9-29-12-18(24)31-24/h2-7,11,18-23,26-28,31H,8-10,12H2,1H3/t18-,19-,20-,21+,22?,23-,24-/m1/s1. The molecule has 3 N–H and O–H groups in total. The van der Waals surface area contributed by atoms with Gasteiger partial charge in [0.25, 0.3) is 0 Å². The summed E-state index contributed by atoms with van der Waals surface area (Å²) in [5.41, 5.74) is 4.34. The van der Waals surface area contributed by atoms with Crippen LogP contribution in [0.5, 0.6) is 0 Å². The lowest BCUT2D eigenvalue weighted by molar-refractivity contribution is -0.200. The molecule has 0 spiro atoms. The van der Waals surface area contributed by atoms with E-state index in [2.05, 4.69) is 24.3 Å². The molecular formula is C24H28ClO5PS. The number of hydrogen-bond acceptors (Lipinski definition) is 6. The highest BCUT2D eigenvalue weighted by molar-refractivity contribution is 7.99. The fourth-order valence-electron chi connectivity index (χ4n) is 4.93. The van der Waals surface area contributed by atoms with E-state index in [4.69, 9.17) is 21.1 Å². The minimum Gasteiger partial charge on any atom is -0.387 e. The molecule has 3 heterocycles. The third-order valence-electron chi connectivity index (χ3n) is 6.93. The van der Waals surface area contributed by atoms with E-state index in [0.29, 0.717) is 22.3 Å². The number of aliphatic hydroxyl groups excluding tert-OH is 3. The lowest BCUT2D eigenvalue weighted by Crippen LogP contribution is -2.52. The lowest BCUT2D eigenvalue weighted by Gasteiger charge is -2.40. The largest absolute Gasteiger partial charge is 0.387 e. The van der Waals surface area contributed by atoms with Crippen LogP contribution in [0.4, 0.5) is 0 Å². The third kappa shape index (κ3) is 4.14. The zero-order chi connectivity index (χ0) is 22.5. The second-order valence-electron chi connectivity index (χ2n) is 8.85. The Bertz CT molecular complexity index is 973. The van der Waals surface area contributed by atoms with Gasteiger partial charge < -0.3 is 24.8 Å². The van der Waals surface area contributed by atoms with E-state index in [9.17, 15) is 15.3 Å². The van der Waals surface area contributed by atoms with Crippen molar-refractivity contribution in [2.45, 2.75) is 53.5 Å². The molecule has 0 amide bonds. The highest BCUT2D eigenvalue weighted by atomic mass is 35.5. The average Bonchev–Trinajstić information content (AvgIpc) is 3.56. The maximum Gasteiger partial charge on any atom is 0.132 e. The Morgan fingerprint density at radius 3 is 2.59 bits per heavy atom. The molecule has 3 saturated heterocycles. The topological polar surface area (TPSA) is 79.2 Å². The molecule has 5 nitrogen and oxygen atoms in total. The summed E-state index contributed by atoms with van der Waals surface area (Å²) >= 11 is 7.81. The van der Waals surface area contributed by atoms with E-state index in [1.54, 1.807) is 12.3 Å². The van der Waals surface area contributed by atoms with Crippen molar-refractivity contribution in [1.29, 1.82) is 0 Å². The van der Waals surface area contributed by atoms with Crippen molar-refractivity contribution in [3.63, 3.8) is 0 Å². The summed E-state index contributed by atoms with van der Waals surface area (Å²) in [5, 5.41) is 31.9. The Morgan fingerprint density at radius 1 is 1.09 bits per heavy atom. The van der Waals surface area contributed by atoms with Crippen LogP contribution in [-0.4, -0.2) is 64.2 Å². The maximum absolute atomic E-state index is 10.5. The van der Waals surface area contributed by atoms with Gasteiger partial charge in [-0.25, -0.2) is 0 Å². The van der Waals surface area contributed by atoms with E-state index in [0.717, 1.165) is 39.3 Å². The number of fused-ring (bicyclic) bond motifs is 1. The van der Waals surface area contributed by atoms with Crippen molar-refractivity contribution in [3.05, 3.63) is 69.7 Å². The molecule has 2 aromatic rings. The molecule has 172 valence electrons. The van der Waals surface area contributed by atoms with Gasteiger partial charge in [-0.2, -0.15) is 0 Å². The predicted octanol–water partition coefficient (Wildman–Crippen LogP) is 3.45. The molecule has 3 aliphatic rings. The Balaban J connectivity index is 1.34. The van der Waals surface area contributed by atoms with Crippen molar-refractivity contribution in [1.82, 2.24) is 0 Å². The van der Waals surface area contributed by atoms with Crippen LogP contribution in [0.1, 0.15) is 34.8 Å². The van der Waals surface area contributed by atoms with Crippen molar-refractivity contribution in [2.24, 2.45) is 0 Å². The maximum atomic E-state index is 10.5. The lowest BCUT2D eigenvalue weighted by atomic mass is 9.90. The van der Waals surface area contributed by atoms with Gasteiger partial charge in [0, 0.05) is 22.4 Å². The molecular weight excluding hydrogens is 467 g/mol. The fraction of sp³-hybridized carbons (Fsp3) is 0.500. The third-order valence-corrected chi connectivity index (χ3v) is 10.3. The Morgan fingerprint density at radius 2 is 1.88 bits per heavy atom. The summed E-state index contributed by atoms with van der Waals surface area (Å²) in [6, 6.07) is 14.4. The number of aliphatic hydroxyl groups is 3. The SMILES string of the molecule is CS[C@H]1OC(c2ccc(Cl)c(Cc3ccc([C@]45CCOC[C@H]4P5)cc3)c2)[C@H](O)[C@@H](O)[C@@H]1O. The molecule has 0 saturated carbocycles. The smallest absolute Gasteiger partial charge is 0.132 e. The average molecular weight is 495 g/mol. The van der Waals surface area contributed by atoms with Gasteiger partial charge in [0.2, 0.25) is 0 Å². The number of ether oxygens (including phenoxy) is 2. The molecule has 32 heavy (non-hydrogen) atoms. The van der Waals surface area contributed by atoms with Crippen molar-refractivity contribution in [3.8, 4) is 0 Å². The van der Waals surface area contributed by atoms with E-state index in [-0.39, 0.29) is 0 Å². The molecule has 8 heteroatoms. The Labute approximate surface area is 199 Å². The van der Waals surface area contributed by atoms with E-state index < -0.39 is 29.9 Å². The highest BCUT2D eigenvalue weighted by Crippen LogP contribution is 2.70. The number of benzene rings is 2. The van der Waals surface area contributed by atoms with E-state index in [1.807, 2.05) is 12.1 Å². The summed E-state index contributed by atoms with van der Waals surface area (Å²) in [5.74, 6) is 0. The molecule has 0 radical (unpaired) electrons. The van der Waals surface area contributed by atoms with Crippen LogP contribution in [0.2, 0.25) is 5.02 Å². The zero-order valence-corrected chi connectivity index (χ0v) is 20.4. The van der Waals surface area contributed by atoms with Crippen LogP contribution in [0.25, 0.3) is 0 Å². The van der Waals surface area contributed by atoms with Gasteiger partial charge in [-0.3, -0.25) is 0 Å². The first-order valence-electron chi connectivity index (χ1n) is 10.9. The van der Waals surface area contributed by atoms with E-state index >= 15 is 0 Å². The summed E-state index contributed by atoms with van der Waals surface area (Å²) in [6.45, 7) is 1.74. The molecule has 3 aliphatic heterocycles. The molecule has 0 bridgehead atoms. The summed E-state index contributed by atoms with van der Waals surface area (Å²) < 4.78 is 11.5. The first kappa shape index (κ1) is 23.1. The first-order valence-corrected chi connectivity index (χ1v) is 13.6. The highest BCUT2D eigenvalue weighted by Gasteiger charge is 2.56. The van der Waals surface area contributed by atoms with Crippen LogP contribution >= 0.6 is 31.9 Å². The first-order chi connectivity index (χ1) is 15.4. The van der Waals surface area contributed by atoms with Gasteiger partial charge in [-0.1, -0.05) is 48.0 Å².